The summed E-state index contributed by atoms with van der Waals surface area (Å²) in [5.41, 5.74) is 7.79. The lowest BCUT2D eigenvalue weighted by atomic mass is 9.83. The van der Waals surface area contributed by atoms with Gasteiger partial charge in [0.2, 0.25) is 0 Å². The Morgan fingerprint density at radius 3 is 2.46 bits per heavy atom. The molecule has 3 aliphatic rings. The standard InChI is InChI=1S/C50H49N4O22P3/c1-50(2,3)48(70-24-29-23-53(49-46(29)36(51)15-16-52-49)45-22-39(59)44(74-45)25-72-78(65,66)76-79(67,68)75-77(62,63)64)34-21-41(69-4)28(18-37(34)54(60)61)7-5-6-8-38(58)27-9-14-40(71-26-55)35(17-27)47-32-12-10-30(56)19-42(32)73-43-20-31(57)11-13-33(43)47/h9-21,23,26,39,44-45,48,56,59H,6,8,22,24-25H2,1-4H3,(H2,51,52)(H,65,66)(H,67,68)(H2,62,63,64)/t39?,44-,45-,48-/m1/s1. The third-order valence-corrected chi connectivity index (χ3v) is 16.1. The number of rotatable bonds is 20. The van der Waals surface area contributed by atoms with Crippen LogP contribution in [0.3, 0.4) is 0 Å². The molecular weight excluding hydrogens is 1100 g/mol. The van der Waals surface area contributed by atoms with Crippen molar-refractivity contribution in [3.05, 3.63) is 128 Å². The van der Waals surface area contributed by atoms with Crippen LogP contribution in [0.1, 0.15) is 79.4 Å². The van der Waals surface area contributed by atoms with E-state index in [2.05, 4.69) is 30.0 Å². The number of aromatic nitrogens is 2. The van der Waals surface area contributed by atoms with E-state index in [0.717, 1.165) is 0 Å². The van der Waals surface area contributed by atoms with Gasteiger partial charge in [0.05, 0.1) is 48.6 Å². The van der Waals surface area contributed by atoms with Crippen LogP contribution in [-0.4, -0.2) is 82.4 Å². The second-order valence-corrected chi connectivity index (χ2v) is 23.3. The summed E-state index contributed by atoms with van der Waals surface area (Å²) in [5, 5.41) is 34.8. The molecule has 2 aliphatic heterocycles. The van der Waals surface area contributed by atoms with E-state index in [1.54, 1.807) is 39.1 Å². The molecule has 3 unspecified atom stereocenters. The van der Waals surface area contributed by atoms with Gasteiger partial charge in [-0.15, -0.1) is 0 Å². The molecule has 79 heavy (non-hydrogen) atoms. The summed E-state index contributed by atoms with van der Waals surface area (Å²) >= 11 is 0. The van der Waals surface area contributed by atoms with Crippen molar-refractivity contribution in [1.82, 2.24) is 9.55 Å². The van der Waals surface area contributed by atoms with Crippen LogP contribution in [0.4, 0.5) is 11.4 Å². The largest absolute Gasteiger partial charge is 0.508 e. The zero-order valence-electron chi connectivity index (χ0n) is 42.0. The highest BCUT2D eigenvalue weighted by molar-refractivity contribution is 7.66. The monoisotopic (exact) mass is 1150 g/mol. The quantitative estimate of drug-likeness (QED) is 0.00723. The van der Waals surface area contributed by atoms with Crippen LogP contribution in [0.15, 0.2) is 94.4 Å². The number of ketones is 1. The number of nitrogens with zero attached hydrogens (tertiary/aromatic N) is 3. The number of phenolic OH excluding ortho intramolecular Hbond substituents is 1. The first kappa shape index (κ1) is 58.0. The number of phosphoric ester groups is 1. The summed E-state index contributed by atoms with van der Waals surface area (Å²) in [6, 6.07) is 17.2. The molecule has 0 spiro atoms. The normalized spacial score (nSPS) is 17.7. The smallest absolute Gasteiger partial charge is 0.490 e. The molecule has 0 amide bonds. The second-order valence-electron chi connectivity index (χ2n) is 18.9. The maximum atomic E-state index is 13.8. The van der Waals surface area contributed by atoms with Gasteiger partial charge in [-0.2, -0.15) is 8.62 Å². The van der Waals surface area contributed by atoms with Crippen molar-refractivity contribution in [2.45, 2.75) is 71.2 Å². The summed E-state index contributed by atoms with van der Waals surface area (Å²) in [7, 11) is -15.6. The lowest BCUT2D eigenvalue weighted by Gasteiger charge is -2.31. The molecule has 6 atom stereocenters. The molecule has 3 aromatic carbocycles. The number of anilines is 1. The molecule has 8 rings (SSSR count). The van der Waals surface area contributed by atoms with Crippen molar-refractivity contribution in [2.24, 2.45) is 5.41 Å². The number of Topliss-reactive ketones (excluding diaryl/α,β-unsaturated/α-hetero) is 1. The van der Waals surface area contributed by atoms with E-state index in [-0.39, 0.29) is 106 Å². The van der Waals surface area contributed by atoms with Crippen molar-refractivity contribution < 1.29 is 94.5 Å². The first-order valence-corrected chi connectivity index (χ1v) is 28.0. The van der Waals surface area contributed by atoms with E-state index >= 15 is 0 Å². The number of benzene rings is 4. The maximum absolute atomic E-state index is 13.8. The highest BCUT2D eigenvalue weighted by atomic mass is 31.3. The average molecular weight is 1150 g/mol. The van der Waals surface area contributed by atoms with E-state index in [1.165, 1.54) is 78.5 Å². The number of nitrogens with two attached hydrogens (primary N) is 1. The molecule has 0 bridgehead atoms. The Hall–Kier alpha value is -7.17. The molecule has 5 aromatic rings. The average Bonchev–Trinajstić information content (AvgIpc) is 4.09. The van der Waals surface area contributed by atoms with Crippen molar-refractivity contribution in [2.75, 3.05) is 19.5 Å². The molecule has 0 radical (unpaired) electrons. The third kappa shape index (κ3) is 13.3. The number of nitrogen functional groups attached to an aromatic ring is 1. The minimum Gasteiger partial charge on any atom is -0.508 e. The Morgan fingerprint density at radius 2 is 1.76 bits per heavy atom. The van der Waals surface area contributed by atoms with Gasteiger partial charge >= 0.3 is 23.5 Å². The van der Waals surface area contributed by atoms with Crippen LogP contribution >= 0.6 is 23.5 Å². The van der Waals surface area contributed by atoms with E-state index in [9.17, 15) is 58.2 Å². The van der Waals surface area contributed by atoms with Gasteiger partial charge in [0.1, 0.15) is 46.6 Å². The van der Waals surface area contributed by atoms with Gasteiger partial charge in [0.15, 0.2) is 11.2 Å². The molecule has 29 heteroatoms. The second kappa shape index (κ2) is 22.9. The van der Waals surface area contributed by atoms with Crippen LogP contribution in [0, 0.1) is 27.4 Å². The number of nitro groups is 1. The number of nitro benzene ring substituents is 1. The van der Waals surface area contributed by atoms with E-state index < -0.39 is 65.0 Å². The number of ether oxygens (including phenoxy) is 4. The molecular formula is C50H49N4O22P3. The number of aliphatic hydroxyl groups excluding tert-OH is 1. The fourth-order valence-corrected chi connectivity index (χ4v) is 12.0. The van der Waals surface area contributed by atoms with Crippen molar-refractivity contribution >= 4 is 69.1 Å². The molecule has 2 aromatic heterocycles. The van der Waals surface area contributed by atoms with E-state index in [4.69, 9.17) is 38.9 Å². The molecule has 416 valence electrons. The van der Waals surface area contributed by atoms with Crippen LogP contribution < -0.4 is 20.6 Å². The summed E-state index contributed by atoms with van der Waals surface area (Å²) in [6.07, 6.45) is -2.11. The summed E-state index contributed by atoms with van der Waals surface area (Å²) in [6.45, 7) is 4.49. The molecule has 4 heterocycles. The fourth-order valence-electron chi connectivity index (χ4n) is 9.00. The van der Waals surface area contributed by atoms with Crippen LogP contribution in [0.5, 0.6) is 17.2 Å². The number of aromatic hydroxyl groups is 1. The fraction of sp³-hybridized carbons (Fsp3) is 0.280. The highest BCUT2D eigenvalue weighted by Gasteiger charge is 2.43. The Labute approximate surface area is 447 Å². The minimum atomic E-state index is -5.81. The number of phosphoric acid groups is 3. The molecule has 0 saturated carbocycles. The number of hydrogen-bond acceptors (Lipinski definition) is 20. The molecule has 1 saturated heterocycles. The van der Waals surface area contributed by atoms with Gasteiger partial charge < -0.3 is 63.5 Å². The van der Waals surface area contributed by atoms with Gasteiger partial charge in [-0.05, 0) is 60.0 Å². The zero-order chi connectivity index (χ0) is 57.4. The van der Waals surface area contributed by atoms with Crippen LogP contribution in [-0.2, 0) is 47.7 Å². The van der Waals surface area contributed by atoms with E-state index in [1.807, 2.05) is 0 Å². The number of methoxy groups -OCH3 is 1. The Morgan fingerprint density at radius 1 is 1.00 bits per heavy atom. The van der Waals surface area contributed by atoms with Gasteiger partial charge in [-0.1, -0.05) is 32.6 Å². The summed E-state index contributed by atoms with van der Waals surface area (Å²) < 4.78 is 78.3. The summed E-state index contributed by atoms with van der Waals surface area (Å²) in [4.78, 5) is 91.5. The Balaban J connectivity index is 1.01. The molecule has 8 N–H and O–H groups in total. The number of aliphatic hydroxyl groups is 1. The number of hydrogen-bond donors (Lipinski definition) is 7. The van der Waals surface area contributed by atoms with Gasteiger partial charge in [-0.25, -0.2) is 18.7 Å². The lowest BCUT2D eigenvalue weighted by Crippen LogP contribution is -2.26. The molecule has 1 fully saturated rings. The topological polar surface area (TPSA) is 389 Å². The highest BCUT2D eigenvalue weighted by Crippen LogP contribution is 2.66. The Kier molecular flexibility index (Phi) is 16.8. The number of carbonyl (C=O) groups is 2. The number of carbonyl (C=O) groups excluding carboxylic acids is 2. The maximum Gasteiger partial charge on any atom is 0.490 e. The van der Waals surface area contributed by atoms with Crippen molar-refractivity contribution in [3.63, 3.8) is 0 Å². The number of phenols is 1. The van der Waals surface area contributed by atoms with Crippen molar-refractivity contribution in [1.29, 1.82) is 0 Å². The SMILES string of the molecule is COc1cc([C@@H](OCc2cn([C@H]3CC(O)[C@@H](COP(=O)(O)OP(=O)(O)OP(=O)(O)O)O3)c3nccc(N)c23)C(C)(C)C)c([N+](=O)[O-])cc1C#CCCC(=O)c1ccc(OC=O)c(-c2c3ccc(=O)cc-3oc3cc(O)ccc23)c1. The Bertz CT molecular complexity index is 3780. The van der Waals surface area contributed by atoms with Crippen molar-refractivity contribution in [3.8, 4) is 51.5 Å². The van der Waals surface area contributed by atoms with Crippen LogP contribution in [0.25, 0.3) is 44.5 Å². The predicted octanol–water partition coefficient (Wildman–Crippen LogP) is 7.96. The predicted molar refractivity (Wildman–Crippen MR) is 278 cm³/mol. The zero-order valence-corrected chi connectivity index (χ0v) is 44.7. The van der Waals surface area contributed by atoms with Crippen LogP contribution in [0.2, 0.25) is 0 Å². The third-order valence-electron chi connectivity index (χ3n) is 12.3. The first-order valence-electron chi connectivity index (χ1n) is 23.5. The number of pyridine rings is 1. The summed E-state index contributed by atoms with van der Waals surface area (Å²) in [5.74, 6) is 5.79. The minimum absolute atomic E-state index is 0.00601. The lowest BCUT2D eigenvalue weighted by molar-refractivity contribution is -0.386. The number of fused-ring (bicyclic) bond motifs is 3. The van der Waals surface area contributed by atoms with Gasteiger partial charge in [-0.3, -0.25) is 29.0 Å². The molecule has 1 aliphatic carbocycles. The van der Waals surface area contributed by atoms with E-state index in [0.29, 0.717) is 33.0 Å². The molecule has 26 nitrogen and oxygen atoms in total. The van der Waals surface area contributed by atoms with Gasteiger partial charge in [0, 0.05) is 94.1 Å². The van der Waals surface area contributed by atoms with Gasteiger partial charge in [0.25, 0.3) is 12.2 Å². The first-order chi connectivity index (χ1) is 37.2.